The van der Waals surface area contributed by atoms with E-state index in [2.05, 4.69) is 30.7 Å². The Morgan fingerprint density at radius 3 is 2.71 bits per heavy atom. The van der Waals surface area contributed by atoms with Crippen molar-refractivity contribution in [1.29, 1.82) is 0 Å². The number of hydrogen-bond acceptors (Lipinski definition) is 3. The highest BCUT2D eigenvalue weighted by molar-refractivity contribution is 5.82. The molecule has 3 unspecified atom stereocenters. The second kappa shape index (κ2) is 5.49. The van der Waals surface area contributed by atoms with Crippen LogP contribution in [0, 0.1) is 5.92 Å². The molecule has 2 saturated heterocycles. The first-order chi connectivity index (χ1) is 8.09. The Balaban J connectivity index is 1.91. The van der Waals surface area contributed by atoms with Crippen LogP contribution in [0.3, 0.4) is 0 Å². The maximum absolute atomic E-state index is 11.7. The first kappa shape index (κ1) is 13.0. The van der Waals surface area contributed by atoms with Gasteiger partial charge in [-0.2, -0.15) is 0 Å². The highest BCUT2D eigenvalue weighted by Gasteiger charge is 2.32. The molecule has 0 N–H and O–H groups in total. The van der Waals surface area contributed by atoms with E-state index < -0.39 is 0 Å². The van der Waals surface area contributed by atoms with Crippen molar-refractivity contribution in [2.45, 2.75) is 51.6 Å². The molecule has 98 valence electrons. The minimum absolute atomic E-state index is 0.220. The van der Waals surface area contributed by atoms with Crippen molar-refractivity contribution in [1.82, 2.24) is 9.80 Å². The highest BCUT2D eigenvalue weighted by Crippen LogP contribution is 2.23. The second-order valence-corrected chi connectivity index (χ2v) is 5.87. The largest absolute Gasteiger partial charge is 0.302 e. The fourth-order valence-corrected chi connectivity index (χ4v) is 3.17. The van der Waals surface area contributed by atoms with Crippen LogP contribution in [0.2, 0.25) is 0 Å². The van der Waals surface area contributed by atoms with Gasteiger partial charge in [0.2, 0.25) is 0 Å². The number of likely N-dealkylation sites (N-methyl/N-ethyl adjacent to an activating group) is 1. The van der Waals surface area contributed by atoms with Gasteiger partial charge in [-0.15, -0.1) is 0 Å². The molecule has 0 aromatic heterocycles. The molecule has 2 rings (SSSR count). The fourth-order valence-electron chi connectivity index (χ4n) is 3.17. The van der Waals surface area contributed by atoms with E-state index in [0.29, 0.717) is 17.9 Å². The standard InChI is InChI=1S/C14H26N2O/c1-11-12(2)16(9-7-14(11)17)10-13-6-4-5-8-15(13)3/h11-13H,4-10H2,1-3H3. The third kappa shape index (κ3) is 2.89. The number of carbonyl (C=O) groups is 1. The molecule has 0 aromatic carbocycles. The van der Waals surface area contributed by atoms with Crippen molar-refractivity contribution in [3.8, 4) is 0 Å². The topological polar surface area (TPSA) is 23.6 Å². The summed E-state index contributed by atoms with van der Waals surface area (Å²) in [4.78, 5) is 16.7. The number of ketones is 1. The average molecular weight is 238 g/mol. The first-order valence-corrected chi connectivity index (χ1v) is 7.06. The molecule has 0 amide bonds. The monoisotopic (exact) mass is 238 g/mol. The summed E-state index contributed by atoms with van der Waals surface area (Å²) >= 11 is 0. The van der Waals surface area contributed by atoms with Gasteiger partial charge in [0.1, 0.15) is 5.78 Å². The van der Waals surface area contributed by atoms with Crippen molar-refractivity contribution < 1.29 is 4.79 Å². The molecule has 2 fully saturated rings. The van der Waals surface area contributed by atoms with Crippen LogP contribution in [0.5, 0.6) is 0 Å². The van der Waals surface area contributed by atoms with Crippen LogP contribution in [0.1, 0.15) is 39.5 Å². The number of likely N-dealkylation sites (tertiary alicyclic amines) is 2. The van der Waals surface area contributed by atoms with Gasteiger partial charge in [-0.25, -0.2) is 0 Å². The van der Waals surface area contributed by atoms with E-state index in [4.69, 9.17) is 0 Å². The Labute approximate surface area is 105 Å². The molecular weight excluding hydrogens is 212 g/mol. The minimum Gasteiger partial charge on any atom is -0.302 e. The van der Waals surface area contributed by atoms with E-state index in [9.17, 15) is 4.79 Å². The van der Waals surface area contributed by atoms with Crippen LogP contribution in [-0.4, -0.2) is 54.3 Å². The van der Waals surface area contributed by atoms with Gasteiger partial charge in [-0.1, -0.05) is 13.3 Å². The zero-order chi connectivity index (χ0) is 12.4. The maximum Gasteiger partial charge on any atom is 0.138 e. The number of piperidine rings is 2. The van der Waals surface area contributed by atoms with Crippen molar-refractivity contribution >= 4 is 5.78 Å². The highest BCUT2D eigenvalue weighted by atomic mass is 16.1. The summed E-state index contributed by atoms with van der Waals surface area (Å²) in [5.74, 6) is 0.670. The van der Waals surface area contributed by atoms with Crippen LogP contribution in [-0.2, 0) is 4.79 Å². The number of rotatable bonds is 2. The molecule has 0 bridgehead atoms. The lowest BCUT2D eigenvalue weighted by Gasteiger charge is -2.42. The Morgan fingerprint density at radius 1 is 1.24 bits per heavy atom. The van der Waals surface area contributed by atoms with E-state index in [0.717, 1.165) is 19.5 Å². The zero-order valence-electron chi connectivity index (χ0n) is 11.5. The zero-order valence-corrected chi connectivity index (χ0v) is 11.5. The lowest BCUT2D eigenvalue weighted by atomic mass is 9.89. The van der Waals surface area contributed by atoms with Crippen LogP contribution >= 0.6 is 0 Å². The van der Waals surface area contributed by atoms with E-state index in [1.165, 1.54) is 25.8 Å². The van der Waals surface area contributed by atoms with Crippen LogP contribution in [0.4, 0.5) is 0 Å². The van der Waals surface area contributed by atoms with Crippen LogP contribution < -0.4 is 0 Å². The number of Topliss-reactive ketones (excluding diaryl/α,β-unsaturated/α-hetero) is 1. The maximum atomic E-state index is 11.7. The molecule has 2 aliphatic heterocycles. The van der Waals surface area contributed by atoms with Crippen molar-refractivity contribution in [3.05, 3.63) is 0 Å². The van der Waals surface area contributed by atoms with E-state index in [1.807, 2.05) is 0 Å². The SMILES string of the molecule is CC1C(=O)CCN(CC2CCCCN2C)C1C. The van der Waals surface area contributed by atoms with E-state index >= 15 is 0 Å². The number of hydrogen-bond donors (Lipinski definition) is 0. The summed E-state index contributed by atoms with van der Waals surface area (Å²) in [6.45, 7) is 7.65. The van der Waals surface area contributed by atoms with Gasteiger partial charge >= 0.3 is 0 Å². The van der Waals surface area contributed by atoms with Gasteiger partial charge < -0.3 is 4.90 Å². The van der Waals surface area contributed by atoms with Gasteiger partial charge in [0, 0.05) is 37.5 Å². The van der Waals surface area contributed by atoms with Crippen molar-refractivity contribution in [2.75, 3.05) is 26.7 Å². The Morgan fingerprint density at radius 2 is 2.00 bits per heavy atom. The molecule has 3 atom stereocenters. The summed E-state index contributed by atoms with van der Waals surface area (Å²) in [5, 5.41) is 0. The summed E-state index contributed by atoms with van der Waals surface area (Å²) < 4.78 is 0. The smallest absolute Gasteiger partial charge is 0.138 e. The molecular formula is C14H26N2O. The Bertz CT molecular complexity index is 279. The summed E-state index contributed by atoms with van der Waals surface area (Å²) in [5.41, 5.74) is 0. The number of carbonyl (C=O) groups excluding carboxylic acids is 1. The quantitative estimate of drug-likeness (QED) is 0.732. The Hall–Kier alpha value is -0.410. The predicted octanol–water partition coefficient (Wildman–Crippen LogP) is 1.77. The number of nitrogens with zero attached hydrogens (tertiary/aromatic N) is 2. The van der Waals surface area contributed by atoms with Gasteiger partial charge in [0.15, 0.2) is 0 Å². The summed E-state index contributed by atoms with van der Waals surface area (Å²) in [7, 11) is 2.24. The van der Waals surface area contributed by atoms with E-state index in [-0.39, 0.29) is 5.92 Å². The molecule has 17 heavy (non-hydrogen) atoms. The predicted molar refractivity (Wildman–Crippen MR) is 70.1 cm³/mol. The lowest BCUT2D eigenvalue weighted by Crippen LogP contribution is -2.52. The minimum atomic E-state index is 0.220. The van der Waals surface area contributed by atoms with Crippen molar-refractivity contribution in [2.24, 2.45) is 5.92 Å². The third-order valence-electron chi connectivity index (χ3n) is 4.82. The van der Waals surface area contributed by atoms with Gasteiger partial charge in [0.25, 0.3) is 0 Å². The van der Waals surface area contributed by atoms with Gasteiger partial charge in [-0.05, 0) is 33.4 Å². The molecule has 2 aliphatic rings. The van der Waals surface area contributed by atoms with E-state index in [1.54, 1.807) is 0 Å². The summed E-state index contributed by atoms with van der Waals surface area (Å²) in [6, 6.07) is 1.12. The normalized spacial score (nSPS) is 37.4. The van der Waals surface area contributed by atoms with Gasteiger partial charge in [-0.3, -0.25) is 9.69 Å². The van der Waals surface area contributed by atoms with Crippen LogP contribution in [0.15, 0.2) is 0 Å². The molecule has 0 saturated carbocycles. The molecule has 0 spiro atoms. The summed E-state index contributed by atoms with van der Waals surface area (Å²) in [6.07, 6.45) is 4.78. The van der Waals surface area contributed by atoms with Crippen molar-refractivity contribution in [3.63, 3.8) is 0 Å². The second-order valence-electron chi connectivity index (χ2n) is 5.87. The third-order valence-corrected chi connectivity index (χ3v) is 4.82. The molecule has 3 heteroatoms. The lowest BCUT2D eigenvalue weighted by molar-refractivity contribution is -0.128. The molecule has 2 heterocycles. The molecule has 0 aliphatic carbocycles. The molecule has 3 nitrogen and oxygen atoms in total. The first-order valence-electron chi connectivity index (χ1n) is 7.06. The fraction of sp³-hybridized carbons (Fsp3) is 0.929. The average Bonchev–Trinajstić information content (AvgIpc) is 2.32. The van der Waals surface area contributed by atoms with Crippen LogP contribution in [0.25, 0.3) is 0 Å². The van der Waals surface area contributed by atoms with Gasteiger partial charge in [0.05, 0.1) is 0 Å². The Kier molecular flexibility index (Phi) is 4.21. The molecule has 0 radical (unpaired) electrons. The molecule has 0 aromatic rings.